The molecule has 0 saturated heterocycles. The SMILES string of the molecule is CCc1ccc(CNCCCc2ccccc2)cc1. The average molecular weight is 253 g/mol. The number of hydrogen-bond acceptors (Lipinski definition) is 1. The van der Waals surface area contributed by atoms with E-state index in [2.05, 4.69) is 66.8 Å². The Bertz CT molecular complexity index is 459. The molecule has 0 unspecified atom stereocenters. The Morgan fingerprint density at radius 1 is 0.789 bits per heavy atom. The zero-order valence-corrected chi connectivity index (χ0v) is 11.7. The Labute approximate surface area is 116 Å². The first-order valence-electron chi connectivity index (χ1n) is 7.21. The van der Waals surface area contributed by atoms with Crippen molar-refractivity contribution in [2.45, 2.75) is 32.7 Å². The molecule has 2 aromatic carbocycles. The van der Waals surface area contributed by atoms with E-state index in [0.717, 1.165) is 25.9 Å². The Hall–Kier alpha value is -1.60. The van der Waals surface area contributed by atoms with Crippen LogP contribution in [0.15, 0.2) is 54.6 Å². The third kappa shape index (κ3) is 4.88. The molecule has 1 nitrogen and oxygen atoms in total. The van der Waals surface area contributed by atoms with Crippen LogP contribution in [0.25, 0.3) is 0 Å². The van der Waals surface area contributed by atoms with Crippen molar-refractivity contribution in [3.8, 4) is 0 Å². The van der Waals surface area contributed by atoms with Gasteiger partial charge in [-0.2, -0.15) is 0 Å². The van der Waals surface area contributed by atoms with Gasteiger partial charge in [0.05, 0.1) is 0 Å². The molecule has 0 fully saturated rings. The summed E-state index contributed by atoms with van der Waals surface area (Å²) in [6.45, 7) is 4.24. The predicted molar refractivity (Wildman–Crippen MR) is 82.3 cm³/mol. The average Bonchev–Trinajstić information content (AvgIpc) is 2.49. The van der Waals surface area contributed by atoms with E-state index in [1.54, 1.807) is 0 Å². The molecule has 0 amide bonds. The normalized spacial score (nSPS) is 10.6. The van der Waals surface area contributed by atoms with Crippen LogP contribution in [0, 0.1) is 0 Å². The van der Waals surface area contributed by atoms with E-state index in [-0.39, 0.29) is 0 Å². The highest BCUT2D eigenvalue weighted by atomic mass is 14.8. The molecule has 0 aromatic heterocycles. The molecule has 2 rings (SSSR count). The minimum Gasteiger partial charge on any atom is -0.313 e. The molecule has 100 valence electrons. The molecule has 19 heavy (non-hydrogen) atoms. The van der Waals surface area contributed by atoms with Crippen LogP contribution in [0.3, 0.4) is 0 Å². The third-order valence-corrected chi connectivity index (χ3v) is 3.42. The van der Waals surface area contributed by atoms with Crippen LogP contribution in [0.5, 0.6) is 0 Å². The van der Waals surface area contributed by atoms with E-state index >= 15 is 0 Å². The Balaban J connectivity index is 1.63. The van der Waals surface area contributed by atoms with Crippen molar-refractivity contribution in [1.82, 2.24) is 5.32 Å². The lowest BCUT2D eigenvalue weighted by molar-refractivity contribution is 0.649. The van der Waals surface area contributed by atoms with E-state index in [1.165, 1.54) is 23.1 Å². The molecule has 1 N–H and O–H groups in total. The molecular formula is C18H23N. The smallest absolute Gasteiger partial charge is 0.0205 e. The molecule has 0 bridgehead atoms. The quantitative estimate of drug-likeness (QED) is 0.736. The van der Waals surface area contributed by atoms with Crippen molar-refractivity contribution in [1.29, 1.82) is 0 Å². The monoisotopic (exact) mass is 253 g/mol. The molecule has 0 heterocycles. The standard InChI is InChI=1S/C18H23N/c1-2-16-10-12-18(13-11-16)15-19-14-6-9-17-7-4-3-5-8-17/h3-5,7-8,10-13,19H,2,6,9,14-15H2,1H3. The van der Waals surface area contributed by atoms with Gasteiger partial charge in [-0.15, -0.1) is 0 Å². The maximum atomic E-state index is 3.51. The molecule has 0 aliphatic rings. The van der Waals surface area contributed by atoms with E-state index in [1.807, 2.05) is 0 Å². The fraction of sp³-hybridized carbons (Fsp3) is 0.333. The molecule has 0 aliphatic heterocycles. The van der Waals surface area contributed by atoms with Gasteiger partial charge in [0.15, 0.2) is 0 Å². The van der Waals surface area contributed by atoms with Crippen LogP contribution in [0.1, 0.15) is 30.0 Å². The van der Waals surface area contributed by atoms with Crippen molar-refractivity contribution in [3.05, 3.63) is 71.3 Å². The topological polar surface area (TPSA) is 12.0 Å². The maximum Gasteiger partial charge on any atom is 0.0205 e. The first kappa shape index (κ1) is 13.8. The van der Waals surface area contributed by atoms with Gasteiger partial charge in [-0.1, -0.05) is 61.5 Å². The fourth-order valence-corrected chi connectivity index (χ4v) is 2.19. The van der Waals surface area contributed by atoms with Crippen LogP contribution in [-0.4, -0.2) is 6.54 Å². The zero-order chi connectivity index (χ0) is 13.3. The largest absolute Gasteiger partial charge is 0.313 e. The Morgan fingerprint density at radius 2 is 1.47 bits per heavy atom. The fourth-order valence-electron chi connectivity index (χ4n) is 2.19. The summed E-state index contributed by atoms with van der Waals surface area (Å²) in [5.74, 6) is 0. The van der Waals surface area contributed by atoms with E-state index in [0.29, 0.717) is 0 Å². The molecule has 0 aliphatic carbocycles. The lowest BCUT2D eigenvalue weighted by atomic mass is 10.1. The van der Waals surface area contributed by atoms with Gasteiger partial charge in [0.2, 0.25) is 0 Å². The Morgan fingerprint density at radius 3 is 2.16 bits per heavy atom. The first-order valence-corrected chi connectivity index (χ1v) is 7.21. The summed E-state index contributed by atoms with van der Waals surface area (Å²) in [4.78, 5) is 0. The Kier molecular flexibility index (Phi) is 5.64. The second-order valence-electron chi connectivity index (χ2n) is 4.94. The lowest BCUT2D eigenvalue weighted by Gasteiger charge is -2.06. The van der Waals surface area contributed by atoms with Gasteiger partial charge in [0.1, 0.15) is 0 Å². The van der Waals surface area contributed by atoms with E-state index in [4.69, 9.17) is 0 Å². The van der Waals surface area contributed by atoms with Crippen molar-refractivity contribution in [2.24, 2.45) is 0 Å². The zero-order valence-electron chi connectivity index (χ0n) is 11.7. The first-order chi connectivity index (χ1) is 9.38. The molecule has 0 atom stereocenters. The second-order valence-corrected chi connectivity index (χ2v) is 4.94. The van der Waals surface area contributed by atoms with Crippen LogP contribution in [0.4, 0.5) is 0 Å². The number of aryl methyl sites for hydroxylation is 2. The van der Waals surface area contributed by atoms with Crippen LogP contribution in [0.2, 0.25) is 0 Å². The minimum atomic E-state index is 0.971. The highest BCUT2D eigenvalue weighted by molar-refractivity contribution is 5.22. The summed E-state index contributed by atoms with van der Waals surface area (Å²) >= 11 is 0. The van der Waals surface area contributed by atoms with Crippen LogP contribution in [-0.2, 0) is 19.4 Å². The summed E-state index contributed by atoms with van der Waals surface area (Å²) in [5.41, 5.74) is 4.21. The molecule has 2 aromatic rings. The van der Waals surface area contributed by atoms with Crippen molar-refractivity contribution in [2.75, 3.05) is 6.54 Å². The number of nitrogens with one attached hydrogen (secondary N) is 1. The maximum absolute atomic E-state index is 3.51. The molecule has 0 radical (unpaired) electrons. The predicted octanol–water partition coefficient (Wildman–Crippen LogP) is 3.97. The second kappa shape index (κ2) is 7.75. The van der Waals surface area contributed by atoms with Gasteiger partial charge >= 0.3 is 0 Å². The van der Waals surface area contributed by atoms with Gasteiger partial charge in [-0.3, -0.25) is 0 Å². The van der Waals surface area contributed by atoms with Crippen molar-refractivity contribution < 1.29 is 0 Å². The molecule has 0 spiro atoms. The highest BCUT2D eigenvalue weighted by Gasteiger charge is 1.95. The number of rotatable bonds is 7. The summed E-state index contributed by atoms with van der Waals surface area (Å²) in [7, 11) is 0. The molecule has 1 heteroatoms. The van der Waals surface area contributed by atoms with Gasteiger partial charge in [-0.25, -0.2) is 0 Å². The lowest BCUT2D eigenvalue weighted by Crippen LogP contribution is -2.15. The minimum absolute atomic E-state index is 0.971. The number of hydrogen-bond donors (Lipinski definition) is 1. The summed E-state index contributed by atoms with van der Waals surface area (Å²) < 4.78 is 0. The summed E-state index contributed by atoms with van der Waals surface area (Å²) in [5, 5.41) is 3.51. The van der Waals surface area contributed by atoms with Crippen molar-refractivity contribution >= 4 is 0 Å². The summed E-state index contributed by atoms with van der Waals surface area (Å²) in [6, 6.07) is 19.6. The van der Waals surface area contributed by atoms with E-state index < -0.39 is 0 Å². The highest BCUT2D eigenvalue weighted by Crippen LogP contribution is 2.05. The van der Waals surface area contributed by atoms with Gasteiger partial charge in [0.25, 0.3) is 0 Å². The summed E-state index contributed by atoms with van der Waals surface area (Å²) in [6.07, 6.45) is 3.46. The van der Waals surface area contributed by atoms with Crippen LogP contribution < -0.4 is 5.32 Å². The number of benzene rings is 2. The molecule has 0 saturated carbocycles. The van der Waals surface area contributed by atoms with Crippen LogP contribution >= 0.6 is 0 Å². The van der Waals surface area contributed by atoms with Gasteiger partial charge in [-0.05, 0) is 42.5 Å². The van der Waals surface area contributed by atoms with E-state index in [9.17, 15) is 0 Å². The van der Waals surface area contributed by atoms with Gasteiger partial charge in [0, 0.05) is 6.54 Å². The third-order valence-electron chi connectivity index (χ3n) is 3.42. The van der Waals surface area contributed by atoms with Gasteiger partial charge < -0.3 is 5.32 Å². The molecular weight excluding hydrogens is 230 g/mol. The van der Waals surface area contributed by atoms with Crippen molar-refractivity contribution in [3.63, 3.8) is 0 Å².